The highest BCUT2D eigenvalue weighted by atomic mass is 16.5. The molecule has 1 saturated carbocycles. The Morgan fingerprint density at radius 1 is 1.02 bits per heavy atom. The average molecular weight is 554 g/mol. The van der Waals surface area contributed by atoms with Gasteiger partial charge in [-0.1, -0.05) is 33.1 Å². The maximum Gasteiger partial charge on any atom is 0.251 e. The Balaban J connectivity index is 1.27. The molecule has 0 aromatic heterocycles. The van der Waals surface area contributed by atoms with Crippen molar-refractivity contribution in [1.29, 1.82) is 0 Å². The molecule has 1 aromatic carbocycles. The van der Waals surface area contributed by atoms with Crippen molar-refractivity contribution in [1.82, 2.24) is 15.1 Å². The summed E-state index contributed by atoms with van der Waals surface area (Å²) in [5.74, 6) is -0.716. The van der Waals surface area contributed by atoms with E-state index in [1.54, 1.807) is 21.9 Å². The quantitative estimate of drug-likeness (QED) is 0.527. The van der Waals surface area contributed by atoms with E-state index in [1.165, 1.54) is 0 Å². The predicted molar refractivity (Wildman–Crippen MR) is 151 cm³/mol. The third kappa shape index (κ3) is 5.74. The number of anilines is 1. The number of carbonyl (C=O) groups excluding carboxylic acids is 4. The van der Waals surface area contributed by atoms with Gasteiger partial charge in [0.05, 0.1) is 31.3 Å². The number of carbonyl (C=O) groups is 4. The molecule has 4 aliphatic rings. The maximum absolute atomic E-state index is 13.9. The van der Waals surface area contributed by atoms with Crippen molar-refractivity contribution in [3.8, 4) is 0 Å². The lowest BCUT2D eigenvalue weighted by Gasteiger charge is -2.37. The van der Waals surface area contributed by atoms with Crippen LogP contribution in [-0.2, 0) is 19.1 Å². The van der Waals surface area contributed by atoms with Crippen LogP contribution < -0.4 is 16.0 Å². The van der Waals surface area contributed by atoms with Gasteiger partial charge in [-0.3, -0.25) is 19.2 Å². The molecule has 0 bridgehead atoms. The Morgan fingerprint density at radius 3 is 2.35 bits per heavy atom. The molecule has 1 aliphatic carbocycles. The van der Waals surface area contributed by atoms with Gasteiger partial charge in [0.15, 0.2) is 5.78 Å². The minimum atomic E-state index is -0.920. The van der Waals surface area contributed by atoms with Crippen molar-refractivity contribution in [3.05, 3.63) is 29.8 Å². The molecule has 3 heterocycles. The van der Waals surface area contributed by atoms with Crippen LogP contribution in [0.3, 0.4) is 0 Å². The van der Waals surface area contributed by atoms with Crippen LogP contribution >= 0.6 is 0 Å². The van der Waals surface area contributed by atoms with Crippen LogP contribution in [0.4, 0.5) is 5.69 Å². The smallest absolute Gasteiger partial charge is 0.251 e. The monoisotopic (exact) mass is 553 g/mol. The van der Waals surface area contributed by atoms with E-state index in [1.807, 2.05) is 26.0 Å². The number of Topliss-reactive ketones (excluding diaryl/α,β-unsaturated/α-hetero) is 1. The number of likely N-dealkylation sites (tertiary alicyclic amines) is 2. The Labute approximate surface area is 236 Å². The molecule has 3 aliphatic heterocycles. The lowest BCUT2D eigenvalue weighted by atomic mass is 9.81. The van der Waals surface area contributed by atoms with E-state index in [0.717, 1.165) is 38.0 Å². The second kappa shape index (κ2) is 11.9. The van der Waals surface area contributed by atoms with Gasteiger partial charge in [-0.05, 0) is 55.9 Å². The third-order valence-electron chi connectivity index (χ3n) is 8.95. The predicted octanol–water partition coefficient (Wildman–Crippen LogP) is 1.71. The zero-order chi connectivity index (χ0) is 28.4. The molecule has 10 heteroatoms. The van der Waals surface area contributed by atoms with E-state index in [-0.39, 0.29) is 42.0 Å². The summed E-state index contributed by atoms with van der Waals surface area (Å²) >= 11 is 0. The van der Waals surface area contributed by atoms with Crippen molar-refractivity contribution >= 4 is 29.2 Å². The van der Waals surface area contributed by atoms with Crippen LogP contribution in [-0.4, -0.2) is 96.4 Å². The van der Waals surface area contributed by atoms with Gasteiger partial charge in [-0.25, -0.2) is 0 Å². The molecule has 0 spiro atoms. The van der Waals surface area contributed by atoms with E-state index in [9.17, 15) is 19.2 Å². The second-order valence-corrected chi connectivity index (χ2v) is 12.3. The number of fused-ring (bicyclic) bond motifs is 1. The molecular formula is C30H43N5O5. The van der Waals surface area contributed by atoms with Crippen LogP contribution in [0.15, 0.2) is 24.3 Å². The van der Waals surface area contributed by atoms with Crippen molar-refractivity contribution < 1.29 is 23.9 Å². The number of morpholine rings is 1. The molecule has 218 valence electrons. The summed E-state index contributed by atoms with van der Waals surface area (Å²) < 4.78 is 5.42. The van der Waals surface area contributed by atoms with E-state index in [2.05, 4.69) is 10.2 Å². The number of benzene rings is 1. The minimum Gasteiger partial charge on any atom is -0.378 e. The minimum absolute atomic E-state index is 0.00635. The number of ketones is 1. The molecule has 3 unspecified atom stereocenters. The first-order valence-corrected chi connectivity index (χ1v) is 14.8. The fraction of sp³-hybridized carbons (Fsp3) is 0.667. The highest BCUT2D eigenvalue weighted by Crippen LogP contribution is 2.35. The van der Waals surface area contributed by atoms with Crippen LogP contribution in [0, 0.1) is 5.92 Å². The van der Waals surface area contributed by atoms with Crippen LogP contribution in [0.2, 0.25) is 0 Å². The Morgan fingerprint density at radius 2 is 1.70 bits per heavy atom. The molecule has 5 rings (SSSR count). The largest absolute Gasteiger partial charge is 0.378 e. The topological polar surface area (TPSA) is 125 Å². The fourth-order valence-electron chi connectivity index (χ4n) is 6.80. The van der Waals surface area contributed by atoms with Gasteiger partial charge in [0.1, 0.15) is 12.1 Å². The van der Waals surface area contributed by atoms with Gasteiger partial charge in [-0.15, -0.1) is 0 Å². The first-order chi connectivity index (χ1) is 19.2. The maximum atomic E-state index is 13.9. The highest BCUT2D eigenvalue weighted by Gasteiger charge is 2.54. The molecular weight excluding hydrogens is 510 g/mol. The van der Waals surface area contributed by atoms with E-state index < -0.39 is 17.6 Å². The fourth-order valence-corrected chi connectivity index (χ4v) is 6.80. The van der Waals surface area contributed by atoms with Crippen molar-refractivity contribution in [2.75, 3.05) is 44.3 Å². The number of ether oxygens (including phenoxy) is 1. The number of amides is 3. The molecule has 3 N–H and O–H groups in total. The summed E-state index contributed by atoms with van der Waals surface area (Å²) in [6.45, 7) is 7.35. The van der Waals surface area contributed by atoms with Crippen molar-refractivity contribution in [3.63, 3.8) is 0 Å². The van der Waals surface area contributed by atoms with Gasteiger partial charge >= 0.3 is 0 Å². The summed E-state index contributed by atoms with van der Waals surface area (Å²) in [6, 6.07) is 5.61. The summed E-state index contributed by atoms with van der Waals surface area (Å²) in [5, 5.41) is 2.95. The lowest BCUT2D eigenvalue weighted by Crippen LogP contribution is -2.58. The summed E-state index contributed by atoms with van der Waals surface area (Å²) in [6.07, 6.45) is 5.15. The SMILES string of the molecule is CC(C)CC(NC(=O)c1ccc(N2CCOCC2)cc1)C(=O)N1CCC2C1C(=O)CN2C(=O)C1(N)CCCCC1. The Hall–Kier alpha value is -2.98. The average Bonchev–Trinajstić information content (AvgIpc) is 3.54. The molecule has 40 heavy (non-hydrogen) atoms. The standard InChI is InChI=1S/C30H43N5O5/c1-20(2)18-23(32-27(37)21-6-8-22(9-7-21)33-14-16-40-17-15-33)28(38)34-13-10-24-26(34)25(36)19-35(24)29(39)30(31)11-4-3-5-12-30/h6-9,20,23-24,26H,3-5,10-19,31H2,1-2H3,(H,32,37). The van der Waals surface area contributed by atoms with Gasteiger partial charge in [0.25, 0.3) is 5.91 Å². The molecule has 4 fully saturated rings. The molecule has 0 radical (unpaired) electrons. The molecule has 3 atom stereocenters. The van der Waals surface area contributed by atoms with Crippen LogP contribution in [0.5, 0.6) is 0 Å². The normalized spacial score (nSPS) is 25.2. The third-order valence-corrected chi connectivity index (χ3v) is 8.95. The molecule has 3 amide bonds. The van der Waals surface area contributed by atoms with Gasteiger partial charge in [-0.2, -0.15) is 0 Å². The number of nitrogens with two attached hydrogens (primary N) is 1. The van der Waals surface area contributed by atoms with Crippen LogP contribution in [0.1, 0.15) is 69.2 Å². The van der Waals surface area contributed by atoms with E-state index >= 15 is 0 Å². The number of hydrogen-bond acceptors (Lipinski definition) is 7. The first kappa shape index (κ1) is 28.5. The van der Waals surface area contributed by atoms with Crippen LogP contribution in [0.25, 0.3) is 0 Å². The summed E-state index contributed by atoms with van der Waals surface area (Å²) in [4.78, 5) is 59.2. The van der Waals surface area contributed by atoms with Gasteiger partial charge < -0.3 is 30.5 Å². The number of nitrogens with zero attached hydrogens (tertiary/aromatic N) is 3. The first-order valence-electron chi connectivity index (χ1n) is 14.8. The lowest BCUT2D eigenvalue weighted by molar-refractivity contribution is -0.140. The second-order valence-electron chi connectivity index (χ2n) is 12.3. The zero-order valence-corrected chi connectivity index (χ0v) is 23.8. The van der Waals surface area contributed by atoms with E-state index in [0.29, 0.717) is 51.0 Å². The number of hydrogen-bond donors (Lipinski definition) is 2. The molecule has 10 nitrogen and oxygen atoms in total. The Kier molecular flexibility index (Phi) is 8.47. The van der Waals surface area contributed by atoms with E-state index in [4.69, 9.17) is 10.5 Å². The number of rotatable bonds is 7. The summed E-state index contributed by atoms with van der Waals surface area (Å²) in [5.41, 5.74) is 7.12. The summed E-state index contributed by atoms with van der Waals surface area (Å²) in [7, 11) is 0. The molecule has 1 aromatic rings. The highest BCUT2D eigenvalue weighted by molar-refractivity contribution is 6.01. The van der Waals surface area contributed by atoms with Gasteiger partial charge in [0.2, 0.25) is 11.8 Å². The number of nitrogens with one attached hydrogen (secondary N) is 1. The zero-order valence-electron chi connectivity index (χ0n) is 23.8. The van der Waals surface area contributed by atoms with Crippen molar-refractivity contribution in [2.24, 2.45) is 11.7 Å². The Bertz CT molecular complexity index is 1110. The van der Waals surface area contributed by atoms with Gasteiger partial charge in [0, 0.05) is 30.9 Å². The van der Waals surface area contributed by atoms with Crippen molar-refractivity contribution in [2.45, 2.75) is 82.5 Å². The molecule has 3 saturated heterocycles.